The number of esters is 1. The van der Waals surface area contributed by atoms with Gasteiger partial charge in [0.25, 0.3) is 6.29 Å². The Hall–Kier alpha value is -0.910. The first-order valence-corrected chi connectivity index (χ1v) is 6.51. The lowest BCUT2D eigenvalue weighted by Gasteiger charge is -2.21. The molecule has 0 bridgehead atoms. The van der Waals surface area contributed by atoms with Crippen LogP contribution >= 0.6 is 0 Å². The van der Waals surface area contributed by atoms with E-state index in [-0.39, 0.29) is 5.92 Å². The van der Waals surface area contributed by atoms with Gasteiger partial charge in [-0.05, 0) is 33.6 Å². The van der Waals surface area contributed by atoms with Crippen LogP contribution in [-0.4, -0.2) is 24.5 Å². The standard InChI is InChI=1S/C14H25O5/c1-7-10(2)8-11(3)13(16)17-12(9-15)18-19-14(4,5)6/h8,10,12H,7,9H2,1-6H3/b11-8+. The molecule has 2 atom stereocenters. The fourth-order valence-electron chi connectivity index (χ4n) is 1.10. The van der Waals surface area contributed by atoms with E-state index in [1.165, 1.54) is 0 Å². The monoisotopic (exact) mass is 273 g/mol. The summed E-state index contributed by atoms with van der Waals surface area (Å²) in [6.07, 6.45) is 1.51. The molecule has 0 aromatic heterocycles. The Kier molecular flexibility index (Phi) is 7.90. The van der Waals surface area contributed by atoms with Crippen LogP contribution in [0.25, 0.3) is 0 Å². The fourth-order valence-corrected chi connectivity index (χ4v) is 1.10. The summed E-state index contributed by atoms with van der Waals surface area (Å²) < 4.78 is 4.94. The van der Waals surface area contributed by atoms with Crippen molar-refractivity contribution in [1.29, 1.82) is 0 Å². The first-order chi connectivity index (χ1) is 8.69. The zero-order chi connectivity index (χ0) is 15.1. The molecular weight excluding hydrogens is 248 g/mol. The summed E-state index contributed by atoms with van der Waals surface area (Å²) in [5, 5.41) is 10.9. The van der Waals surface area contributed by atoms with Crippen molar-refractivity contribution in [3.63, 3.8) is 0 Å². The molecule has 2 unspecified atom stereocenters. The van der Waals surface area contributed by atoms with Crippen LogP contribution in [0.5, 0.6) is 0 Å². The molecule has 0 aliphatic heterocycles. The Bertz CT molecular complexity index is 303. The van der Waals surface area contributed by atoms with E-state index >= 15 is 0 Å². The number of ether oxygens (including phenoxy) is 1. The predicted octanol–water partition coefficient (Wildman–Crippen LogP) is 3.03. The van der Waals surface area contributed by atoms with Gasteiger partial charge < -0.3 is 4.74 Å². The molecule has 0 heterocycles. The van der Waals surface area contributed by atoms with E-state index < -0.39 is 24.5 Å². The van der Waals surface area contributed by atoms with Gasteiger partial charge in [-0.25, -0.2) is 14.8 Å². The molecule has 1 radical (unpaired) electrons. The molecule has 0 fully saturated rings. The second kappa shape index (κ2) is 8.30. The Morgan fingerprint density at radius 3 is 2.32 bits per heavy atom. The van der Waals surface area contributed by atoms with E-state index in [4.69, 9.17) is 14.5 Å². The third-order valence-electron chi connectivity index (χ3n) is 2.28. The average Bonchev–Trinajstić information content (AvgIpc) is 2.32. The summed E-state index contributed by atoms with van der Waals surface area (Å²) in [7, 11) is 0. The van der Waals surface area contributed by atoms with Gasteiger partial charge >= 0.3 is 5.97 Å². The summed E-state index contributed by atoms with van der Waals surface area (Å²) in [5.41, 5.74) is -0.103. The van der Waals surface area contributed by atoms with Gasteiger partial charge in [-0.3, -0.25) is 0 Å². The number of allylic oxidation sites excluding steroid dienone is 1. The van der Waals surface area contributed by atoms with E-state index in [0.717, 1.165) is 6.42 Å². The normalized spacial score (nSPS) is 16.1. The van der Waals surface area contributed by atoms with E-state index in [1.807, 2.05) is 19.9 Å². The van der Waals surface area contributed by atoms with Crippen molar-refractivity contribution in [2.45, 2.75) is 59.9 Å². The maximum atomic E-state index is 11.7. The minimum atomic E-state index is -1.23. The summed E-state index contributed by atoms with van der Waals surface area (Å²) in [5.74, 6) is -0.274. The molecular formula is C14H25O5. The van der Waals surface area contributed by atoms with Crippen LogP contribution in [0.1, 0.15) is 48.0 Å². The molecule has 0 aliphatic rings. The number of carbonyl (C=O) groups is 1. The van der Waals surface area contributed by atoms with Crippen LogP contribution in [0.2, 0.25) is 0 Å². The minimum Gasteiger partial charge on any atom is -0.427 e. The molecule has 111 valence electrons. The highest BCUT2D eigenvalue weighted by atomic mass is 17.2. The lowest BCUT2D eigenvalue weighted by molar-refractivity contribution is -0.414. The van der Waals surface area contributed by atoms with Crippen molar-refractivity contribution in [2.24, 2.45) is 5.92 Å². The highest BCUT2D eigenvalue weighted by molar-refractivity contribution is 5.87. The molecule has 0 aromatic rings. The lowest BCUT2D eigenvalue weighted by Crippen LogP contribution is -2.30. The first kappa shape index (κ1) is 18.1. The highest BCUT2D eigenvalue weighted by Crippen LogP contribution is 2.12. The van der Waals surface area contributed by atoms with Crippen molar-refractivity contribution in [1.82, 2.24) is 0 Å². The largest absolute Gasteiger partial charge is 0.427 e. The first-order valence-electron chi connectivity index (χ1n) is 6.51. The number of rotatable bonds is 7. The summed E-state index contributed by atoms with van der Waals surface area (Å²) in [4.78, 5) is 21.5. The Morgan fingerprint density at radius 2 is 1.89 bits per heavy atom. The maximum absolute atomic E-state index is 11.7. The van der Waals surface area contributed by atoms with Crippen molar-refractivity contribution < 1.29 is 24.4 Å². The van der Waals surface area contributed by atoms with E-state index in [9.17, 15) is 9.90 Å². The second-order valence-electron chi connectivity index (χ2n) is 5.53. The van der Waals surface area contributed by atoms with Gasteiger partial charge in [0.2, 0.25) is 0 Å². The maximum Gasteiger partial charge on any atom is 0.335 e. The topological polar surface area (TPSA) is 64.7 Å². The van der Waals surface area contributed by atoms with E-state index in [1.54, 1.807) is 27.7 Å². The molecule has 0 amide bonds. The van der Waals surface area contributed by atoms with Gasteiger partial charge in [0.1, 0.15) is 6.61 Å². The lowest BCUT2D eigenvalue weighted by atomic mass is 10.1. The third kappa shape index (κ3) is 8.75. The van der Waals surface area contributed by atoms with Crippen molar-refractivity contribution in [3.05, 3.63) is 11.6 Å². The zero-order valence-electron chi connectivity index (χ0n) is 12.7. The quantitative estimate of drug-likeness (QED) is 0.235. The molecule has 0 aliphatic carbocycles. The Morgan fingerprint density at radius 1 is 1.32 bits per heavy atom. The van der Waals surface area contributed by atoms with Crippen LogP contribution in [0.4, 0.5) is 0 Å². The van der Waals surface area contributed by atoms with Crippen molar-refractivity contribution >= 4 is 5.97 Å². The van der Waals surface area contributed by atoms with E-state index in [0.29, 0.717) is 5.57 Å². The number of carbonyl (C=O) groups excluding carboxylic acids is 1. The fraction of sp³-hybridized carbons (Fsp3) is 0.786. The van der Waals surface area contributed by atoms with Gasteiger partial charge in [-0.15, -0.1) is 0 Å². The molecule has 0 saturated heterocycles. The number of hydrogen-bond donors (Lipinski definition) is 0. The van der Waals surface area contributed by atoms with Crippen molar-refractivity contribution in [2.75, 3.05) is 6.61 Å². The smallest absolute Gasteiger partial charge is 0.335 e. The SMILES string of the molecule is CCC(C)/C=C(\C)C(=O)OC(C[O])OOC(C)(C)C. The average molecular weight is 273 g/mol. The predicted molar refractivity (Wildman–Crippen MR) is 70.6 cm³/mol. The van der Waals surface area contributed by atoms with Gasteiger partial charge in [-0.1, -0.05) is 26.3 Å². The van der Waals surface area contributed by atoms with Gasteiger partial charge in [0, 0.05) is 5.57 Å². The summed E-state index contributed by atoms with van der Waals surface area (Å²) in [6, 6.07) is 0. The van der Waals surface area contributed by atoms with Gasteiger partial charge in [0.15, 0.2) is 0 Å². The zero-order valence-corrected chi connectivity index (χ0v) is 12.7. The summed E-state index contributed by atoms with van der Waals surface area (Å²) >= 11 is 0. The Labute approximate surface area is 115 Å². The molecule has 5 nitrogen and oxygen atoms in total. The van der Waals surface area contributed by atoms with Gasteiger partial charge in [-0.2, -0.15) is 4.89 Å². The molecule has 0 spiro atoms. The molecule has 0 rings (SSSR count). The van der Waals surface area contributed by atoms with Crippen LogP contribution in [0.15, 0.2) is 11.6 Å². The van der Waals surface area contributed by atoms with Crippen LogP contribution in [0.3, 0.4) is 0 Å². The molecule has 19 heavy (non-hydrogen) atoms. The molecule has 0 saturated carbocycles. The van der Waals surface area contributed by atoms with Crippen LogP contribution in [0, 0.1) is 5.92 Å². The highest BCUT2D eigenvalue weighted by Gasteiger charge is 2.21. The molecule has 0 aromatic carbocycles. The summed E-state index contributed by atoms with van der Waals surface area (Å²) in [6.45, 7) is 10.3. The van der Waals surface area contributed by atoms with Crippen molar-refractivity contribution in [3.8, 4) is 0 Å². The second-order valence-corrected chi connectivity index (χ2v) is 5.53. The Balaban J connectivity index is 4.38. The molecule has 5 heteroatoms. The number of hydrogen-bond acceptors (Lipinski definition) is 4. The molecule has 0 N–H and O–H groups in total. The van der Waals surface area contributed by atoms with E-state index in [2.05, 4.69) is 0 Å². The van der Waals surface area contributed by atoms with Crippen LogP contribution < -0.4 is 0 Å². The van der Waals surface area contributed by atoms with Crippen LogP contribution in [-0.2, 0) is 24.4 Å². The van der Waals surface area contributed by atoms with Gasteiger partial charge in [0.05, 0.1) is 5.60 Å². The third-order valence-corrected chi connectivity index (χ3v) is 2.28. The minimum absolute atomic E-state index is 0.282.